The van der Waals surface area contributed by atoms with Gasteiger partial charge in [0.2, 0.25) is 6.29 Å². The lowest BCUT2D eigenvalue weighted by atomic mass is 10.1. The lowest BCUT2D eigenvalue weighted by Crippen LogP contribution is -2.35. The predicted octanol–water partition coefficient (Wildman–Crippen LogP) is 3.70. The summed E-state index contributed by atoms with van der Waals surface area (Å²) in [6.45, 7) is 7.92. The van der Waals surface area contributed by atoms with Gasteiger partial charge < -0.3 is 14.2 Å². The van der Waals surface area contributed by atoms with Crippen molar-refractivity contribution in [2.24, 2.45) is 0 Å². The number of para-hydroxylation sites is 1. The van der Waals surface area contributed by atoms with E-state index in [9.17, 15) is 4.79 Å². The van der Waals surface area contributed by atoms with E-state index in [1.165, 1.54) is 5.56 Å². The second-order valence-corrected chi connectivity index (χ2v) is 6.10. The highest BCUT2D eigenvalue weighted by Crippen LogP contribution is 2.23. The lowest BCUT2D eigenvalue weighted by Gasteiger charge is -2.29. The number of hydrogen-bond acceptors (Lipinski definition) is 5. The summed E-state index contributed by atoms with van der Waals surface area (Å²) >= 11 is 0. The Labute approximate surface area is 153 Å². The van der Waals surface area contributed by atoms with Crippen molar-refractivity contribution in [3.05, 3.63) is 71.8 Å². The van der Waals surface area contributed by atoms with Crippen LogP contribution in [0.1, 0.15) is 28.4 Å². The van der Waals surface area contributed by atoms with Gasteiger partial charge in [0, 0.05) is 18.7 Å². The molecule has 2 aromatic rings. The molecule has 0 N–H and O–H groups in total. The van der Waals surface area contributed by atoms with Crippen LogP contribution in [0.4, 0.5) is 0 Å². The zero-order chi connectivity index (χ0) is 18.4. The number of benzene rings is 2. The average Bonchev–Trinajstić information content (AvgIpc) is 2.68. The van der Waals surface area contributed by atoms with Crippen LogP contribution >= 0.6 is 0 Å². The molecule has 0 fully saturated rings. The average molecular weight is 353 g/mol. The minimum atomic E-state index is -0.612. The second kappa shape index (κ2) is 8.65. The molecule has 5 nitrogen and oxygen atoms in total. The van der Waals surface area contributed by atoms with E-state index in [1.807, 2.05) is 30.3 Å². The Morgan fingerprint density at radius 3 is 2.81 bits per heavy atom. The highest BCUT2D eigenvalue weighted by Gasteiger charge is 2.17. The minimum absolute atomic E-state index is 0.400. The predicted molar refractivity (Wildman–Crippen MR) is 99.7 cm³/mol. The van der Waals surface area contributed by atoms with Gasteiger partial charge in [-0.3, -0.25) is 4.90 Å². The molecule has 5 heteroatoms. The third-order valence-corrected chi connectivity index (χ3v) is 4.18. The van der Waals surface area contributed by atoms with Gasteiger partial charge in [-0.25, -0.2) is 4.79 Å². The highest BCUT2D eigenvalue weighted by molar-refractivity contribution is 5.89. The van der Waals surface area contributed by atoms with E-state index in [1.54, 1.807) is 25.1 Å². The molecular formula is C21H23NO4. The molecule has 0 aromatic heterocycles. The summed E-state index contributed by atoms with van der Waals surface area (Å²) in [5.74, 6) is 0.540. The molecule has 0 aliphatic carbocycles. The summed E-state index contributed by atoms with van der Waals surface area (Å²) in [4.78, 5) is 14.2. The molecule has 1 unspecified atom stereocenters. The third-order valence-electron chi connectivity index (χ3n) is 4.18. The zero-order valence-corrected chi connectivity index (χ0v) is 14.9. The van der Waals surface area contributed by atoms with Crippen LogP contribution < -0.4 is 4.74 Å². The van der Waals surface area contributed by atoms with Gasteiger partial charge in [-0.1, -0.05) is 43.0 Å². The molecule has 26 heavy (non-hydrogen) atoms. The van der Waals surface area contributed by atoms with Gasteiger partial charge in [0.15, 0.2) is 0 Å². The van der Waals surface area contributed by atoms with Gasteiger partial charge in [-0.15, -0.1) is 0 Å². The summed E-state index contributed by atoms with van der Waals surface area (Å²) in [6, 6.07) is 15.1. The van der Waals surface area contributed by atoms with Gasteiger partial charge in [0.05, 0.1) is 12.2 Å². The largest absolute Gasteiger partial charge is 0.478 e. The molecule has 1 heterocycles. The number of ether oxygens (including phenoxy) is 3. The molecule has 1 aliphatic heterocycles. The maximum atomic E-state index is 12.1. The van der Waals surface area contributed by atoms with Crippen LogP contribution in [0.5, 0.6) is 5.75 Å². The van der Waals surface area contributed by atoms with Crippen LogP contribution in [-0.2, 0) is 16.0 Å². The van der Waals surface area contributed by atoms with Crippen LogP contribution in [0, 0.1) is 0 Å². The number of rotatable bonds is 7. The number of esters is 1. The summed E-state index contributed by atoms with van der Waals surface area (Å²) in [5.41, 5.74) is 2.62. The first-order valence-corrected chi connectivity index (χ1v) is 8.64. The Kier molecular flexibility index (Phi) is 6.04. The summed E-state index contributed by atoms with van der Waals surface area (Å²) in [6.07, 6.45) is 1.11. The quantitative estimate of drug-likeness (QED) is 0.561. The maximum Gasteiger partial charge on any atom is 0.340 e. The SMILES string of the molecule is C=Cc1ccc(C(=O)OC(C)OCCN2COc3ccccc3C2)cc1. The van der Waals surface area contributed by atoms with Crippen LogP contribution in [0.25, 0.3) is 6.08 Å². The Morgan fingerprint density at radius 2 is 2.04 bits per heavy atom. The van der Waals surface area contributed by atoms with E-state index in [0.717, 1.165) is 17.9 Å². The highest BCUT2D eigenvalue weighted by atomic mass is 16.7. The molecule has 3 rings (SSSR count). The zero-order valence-electron chi connectivity index (χ0n) is 14.9. The summed E-state index contributed by atoms with van der Waals surface area (Å²) < 4.78 is 16.6. The van der Waals surface area contributed by atoms with Gasteiger partial charge >= 0.3 is 5.97 Å². The number of fused-ring (bicyclic) bond motifs is 1. The Morgan fingerprint density at radius 1 is 1.27 bits per heavy atom. The minimum Gasteiger partial charge on any atom is -0.478 e. The van der Waals surface area contributed by atoms with E-state index in [0.29, 0.717) is 25.4 Å². The first kappa shape index (κ1) is 18.2. The fraction of sp³-hybridized carbons (Fsp3) is 0.286. The summed E-state index contributed by atoms with van der Waals surface area (Å²) in [7, 11) is 0. The molecule has 0 bridgehead atoms. The molecule has 136 valence electrons. The Balaban J connectivity index is 1.41. The van der Waals surface area contributed by atoms with Crippen molar-refractivity contribution in [2.75, 3.05) is 19.9 Å². The molecule has 0 spiro atoms. The van der Waals surface area contributed by atoms with Crippen molar-refractivity contribution in [1.29, 1.82) is 0 Å². The number of hydrogen-bond donors (Lipinski definition) is 0. The van der Waals surface area contributed by atoms with Crippen molar-refractivity contribution < 1.29 is 19.0 Å². The first-order valence-electron chi connectivity index (χ1n) is 8.64. The molecule has 1 atom stereocenters. The molecule has 0 saturated carbocycles. The third kappa shape index (κ3) is 4.71. The Bertz CT molecular complexity index is 757. The van der Waals surface area contributed by atoms with Gasteiger partial charge in [0.1, 0.15) is 12.5 Å². The molecule has 0 saturated heterocycles. The topological polar surface area (TPSA) is 48.0 Å². The van der Waals surface area contributed by atoms with Crippen LogP contribution in [0.3, 0.4) is 0 Å². The van der Waals surface area contributed by atoms with Crippen LogP contribution in [0.2, 0.25) is 0 Å². The standard InChI is InChI=1S/C21H23NO4/c1-3-17-8-10-18(11-9-17)21(23)26-16(2)24-13-12-22-14-19-6-4-5-7-20(19)25-15-22/h3-11,16H,1,12-15H2,2H3. The fourth-order valence-electron chi connectivity index (χ4n) is 2.72. The molecule has 0 radical (unpaired) electrons. The van der Waals surface area contributed by atoms with Crippen LogP contribution in [0.15, 0.2) is 55.1 Å². The van der Waals surface area contributed by atoms with Gasteiger partial charge in [-0.05, 0) is 30.7 Å². The monoisotopic (exact) mass is 353 g/mol. The molecular weight excluding hydrogens is 330 g/mol. The van der Waals surface area contributed by atoms with Gasteiger partial charge in [-0.2, -0.15) is 0 Å². The van der Waals surface area contributed by atoms with Gasteiger partial charge in [0.25, 0.3) is 0 Å². The van der Waals surface area contributed by atoms with Crippen LogP contribution in [-0.4, -0.2) is 37.0 Å². The van der Waals surface area contributed by atoms with Crippen molar-refractivity contribution in [3.63, 3.8) is 0 Å². The van der Waals surface area contributed by atoms with E-state index in [2.05, 4.69) is 17.5 Å². The van der Waals surface area contributed by atoms with E-state index in [-0.39, 0.29) is 0 Å². The van der Waals surface area contributed by atoms with Crippen molar-refractivity contribution in [3.8, 4) is 5.75 Å². The maximum absolute atomic E-state index is 12.1. The molecule has 2 aromatic carbocycles. The lowest BCUT2D eigenvalue weighted by molar-refractivity contribution is -0.104. The number of carbonyl (C=O) groups excluding carboxylic acids is 1. The van der Waals surface area contributed by atoms with Crippen molar-refractivity contribution in [2.45, 2.75) is 19.8 Å². The van der Waals surface area contributed by atoms with E-state index < -0.39 is 12.3 Å². The van der Waals surface area contributed by atoms with E-state index >= 15 is 0 Å². The fourth-order valence-corrected chi connectivity index (χ4v) is 2.72. The molecule has 0 amide bonds. The van der Waals surface area contributed by atoms with Crippen molar-refractivity contribution >= 4 is 12.0 Å². The van der Waals surface area contributed by atoms with Crippen molar-refractivity contribution in [1.82, 2.24) is 4.90 Å². The van der Waals surface area contributed by atoms with E-state index in [4.69, 9.17) is 14.2 Å². The first-order chi connectivity index (χ1) is 12.7. The number of carbonyl (C=O) groups is 1. The molecule has 1 aliphatic rings. The second-order valence-electron chi connectivity index (χ2n) is 6.10. The normalized spacial score (nSPS) is 14.8. The summed E-state index contributed by atoms with van der Waals surface area (Å²) in [5, 5.41) is 0. The Hall–Kier alpha value is -2.63. The number of nitrogens with zero attached hydrogens (tertiary/aromatic N) is 1. The smallest absolute Gasteiger partial charge is 0.340 e.